The maximum atomic E-state index is 13.4. The Morgan fingerprint density at radius 1 is 0.974 bits per heavy atom. The molecule has 4 nitrogen and oxygen atoms in total. The van der Waals surface area contributed by atoms with Crippen molar-refractivity contribution in [1.29, 1.82) is 5.26 Å². The summed E-state index contributed by atoms with van der Waals surface area (Å²) in [5, 5.41) is 20.8. The van der Waals surface area contributed by atoms with Gasteiger partial charge in [-0.25, -0.2) is 0 Å². The average molecular weight is 520 g/mol. The number of rotatable bonds is 2. The molecule has 0 radical (unpaired) electrons. The van der Waals surface area contributed by atoms with Gasteiger partial charge in [-0.3, -0.25) is 9.59 Å². The summed E-state index contributed by atoms with van der Waals surface area (Å²) in [6.07, 6.45) is 12.4. The van der Waals surface area contributed by atoms with Gasteiger partial charge in [0.25, 0.3) is 0 Å². The monoisotopic (exact) mass is 519 g/mol. The highest BCUT2D eigenvalue weighted by Crippen LogP contribution is 2.76. The SMILES string of the molecule is C/C=C\C1=C2C3CC(C)(C)CCC3(C(=O)O)CCC2(C)C2(C)CCC3C(C)(C)C(=O)C(C#N)CC3(C)C2C1. The Hall–Kier alpha value is -1.89. The van der Waals surface area contributed by atoms with E-state index in [-0.39, 0.29) is 39.3 Å². The Labute approximate surface area is 230 Å². The van der Waals surface area contributed by atoms with Gasteiger partial charge in [-0.2, -0.15) is 5.26 Å². The minimum atomic E-state index is -0.660. The number of ketones is 1. The lowest BCUT2D eigenvalue weighted by atomic mass is 9.32. The first-order valence-electron chi connectivity index (χ1n) is 15.1. The van der Waals surface area contributed by atoms with E-state index in [1.54, 1.807) is 0 Å². The van der Waals surface area contributed by atoms with E-state index in [1.807, 2.05) is 0 Å². The minimum absolute atomic E-state index is 0.00138. The van der Waals surface area contributed by atoms with Gasteiger partial charge in [0.1, 0.15) is 5.92 Å². The second-order valence-corrected chi connectivity index (χ2v) is 15.9. The molecule has 1 N–H and O–H groups in total. The quantitative estimate of drug-likeness (QED) is 0.399. The Bertz CT molecular complexity index is 1170. The normalized spacial score (nSPS) is 47.4. The Morgan fingerprint density at radius 2 is 1.63 bits per heavy atom. The first kappa shape index (κ1) is 27.7. The Kier molecular flexibility index (Phi) is 6.05. The molecular formula is C34H49NO3. The van der Waals surface area contributed by atoms with Crippen molar-refractivity contribution < 1.29 is 14.7 Å². The fraction of sp³-hybridized carbons (Fsp3) is 0.794. The number of hydrogen-bond acceptors (Lipinski definition) is 3. The predicted molar refractivity (Wildman–Crippen MR) is 150 cm³/mol. The standard InChI is InChI=1S/C34H49NO3/c1-9-10-21-17-25-31(6)18-22(20-35)27(36)30(4,5)24(31)11-12-32(25,7)33(8)14-16-34(28(37)38)15-13-29(2,3)19-23(34)26(21)33/h9-10,22-25H,11-19H2,1-8H3,(H,37,38)/b10-9-. The van der Waals surface area contributed by atoms with Crippen molar-refractivity contribution >= 4 is 11.8 Å². The lowest BCUT2D eigenvalue weighted by molar-refractivity contribution is -0.193. The number of hydrogen-bond donors (Lipinski definition) is 1. The highest BCUT2D eigenvalue weighted by Gasteiger charge is 2.71. The van der Waals surface area contributed by atoms with E-state index in [2.05, 4.69) is 73.6 Å². The number of carboxylic acids is 1. The molecule has 0 amide bonds. The highest BCUT2D eigenvalue weighted by atomic mass is 16.4. The van der Waals surface area contributed by atoms with Crippen LogP contribution in [0.4, 0.5) is 0 Å². The van der Waals surface area contributed by atoms with Crippen LogP contribution in [-0.2, 0) is 9.59 Å². The molecule has 8 unspecified atom stereocenters. The van der Waals surface area contributed by atoms with Crippen LogP contribution in [0, 0.1) is 67.5 Å². The van der Waals surface area contributed by atoms with Gasteiger partial charge in [0.05, 0.1) is 11.5 Å². The van der Waals surface area contributed by atoms with Gasteiger partial charge in [0.15, 0.2) is 5.78 Å². The number of carbonyl (C=O) groups is 2. The molecule has 4 saturated carbocycles. The van der Waals surface area contributed by atoms with Crippen molar-refractivity contribution in [2.24, 2.45) is 56.2 Å². The van der Waals surface area contributed by atoms with Crippen LogP contribution in [0.1, 0.15) is 113 Å². The van der Waals surface area contributed by atoms with E-state index in [0.29, 0.717) is 12.3 Å². The maximum absolute atomic E-state index is 13.4. The summed E-state index contributed by atoms with van der Waals surface area (Å²) in [5.74, 6) is -0.329. The smallest absolute Gasteiger partial charge is 0.310 e. The summed E-state index contributed by atoms with van der Waals surface area (Å²) in [4.78, 5) is 26.4. The molecule has 0 spiro atoms. The second kappa shape index (κ2) is 8.31. The van der Waals surface area contributed by atoms with Crippen LogP contribution in [0.3, 0.4) is 0 Å². The third-order valence-corrected chi connectivity index (χ3v) is 13.4. The third-order valence-electron chi connectivity index (χ3n) is 13.4. The van der Waals surface area contributed by atoms with Crippen LogP contribution in [-0.4, -0.2) is 16.9 Å². The van der Waals surface area contributed by atoms with Crippen molar-refractivity contribution in [2.75, 3.05) is 0 Å². The van der Waals surface area contributed by atoms with Crippen molar-refractivity contribution in [3.63, 3.8) is 0 Å². The third kappa shape index (κ3) is 3.32. The number of Topliss-reactive ketones (excluding diaryl/α,β-unsaturated/α-hetero) is 1. The molecule has 0 aromatic carbocycles. The minimum Gasteiger partial charge on any atom is -0.481 e. The molecule has 208 valence electrons. The zero-order valence-electron chi connectivity index (χ0n) is 25.0. The summed E-state index contributed by atoms with van der Waals surface area (Å²) in [7, 11) is 0. The molecule has 5 aliphatic carbocycles. The van der Waals surface area contributed by atoms with Gasteiger partial charge in [-0.15, -0.1) is 0 Å². The molecule has 5 aliphatic rings. The van der Waals surface area contributed by atoms with Crippen LogP contribution >= 0.6 is 0 Å². The predicted octanol–water partition coefficient (Wildman–Crippen LogP) is 8.14. The first-order valence-corrected chi connectivity index (χ1v) is 15.1. The van der Waals surface area contributed by atoms with Crippen molar-refractivity contribution in [1.82, 2.24) is 0 Å². The number of fused-ring (bicyclic) bond motifs is 7. The zero-order chi connectivity index (χ0) is 28.1. The van der Waals surface area contributed by atoms with Gasteiger partial charge in [0, 0.05) is 5.41 Å². The van der Waals surface area contributed by atoms with Gasteiger partial charge < -0.3 is 5.11 Å². The molecule has 0 bridgehead atoms. The molecule has 38 heavy (non-hydrogen) atoms. The Balaban J connectivity index is 1.72. The van der Waals surface area contributed by atoms with Gasteiger partial charge in [-0.1, -0.05) is 66.2 Å². The van der Waals surface area contributed by atoms with Gasteiger partial charge in [-0.05, 0) is 110 Å². The van der Waals surface area contributed by atoms with Crippen LogP contribution in [0.5, 0.6) is 0 Å². The summed E-state index contributed by atoms with van der Waals surface area (Å²) in [6, 6.07) is 2.40. The highest BCUT2D eigenvalue weighted by molar-refractivity contribution is 5.89. The summed E-state index contributed by atoms with van der Waals surface area (Å²) in [6.45, 7) is 18.3. The molecular weight excluding hydrogens is 470 g/mol. The molecule has 0 aromatic rings. The molecule has 4 fully saturated rings. The molecule has 4 heteroatoms. The van der Waals surface area contributed by atoms with Crippen LogP contribution in [0.25, 0.3) is 0 Å². The summed E-state index contributed by atoms with van der Waals surface area (Å²) < 4.78 is 0. The van der Waals surface area contributed by atoms with Crippen molar-refractivity contribution in [3.05, 3.63) is 23.3 Å². The summed E-state index contributed by atoms with van der Waals surface area (Å²) >= 11 is 0. The van der Waals surface area contributed by atoms with Crippen molar-refractivity contribution in [2.45, 2.75) is 113 Å². The fourth-order valence-corrected chi connectivity index (χ4v) is 11.2. The second-order valence-electron chi connectivity index (χ2n) is 15.9. The van der Waals surface area contributed by atoms with E-state index < -0.39 is 22.7 Å². The van der Waals surface area contributed by atoms with E-state index in [9.17, 15) is 20.0 Å². The topological polar surface area (TPSA) is 78.2 Å². The lowest BCUT2D eigenvalue weighted by Gasteiger charge is -2.71. The molecule has 0 aliphatic heterocycles. The van der Waals surface area contributed by atoms with Gasteiger partial charge >= 0.3 is 5.97 Å². The molecule has 5 rings (SSSR count). The number of nitrogens with zero attached hydrogens (tertiary/aromatic N) is 1. The first-order chi connectivity index (χ1) is 17.5. The fourth-order valence-electron chi connectivity index (χ4n) is 11.2. The molecule has 8 atom stereocenters. The van der Waals surface area contributed by atoms with Gasteiger partial charge in [0.2, 0.25) is 0 Å². The Morgan fingerprint density at radius 3 is 2.24 bits per heavy atom. The number of aliphatic carboxylic acids is 1. The molecule has 0 aromatic heterocycles. The largest absolute Gasteiger partial charge is 0.481 e. The average Bonchev–Trinajstić information content (AvgIpc) is 2.82. The maximum Gasteiger partial charge on any atom is 0.310 e. The summed E-state index contributed by atoms with van der Waals surface area (Å²) in [5.41, 5.74) is 1.57. The lowest BCUT2D eigenvalue weighted by Crippen LogP contribution is -2.66. The number of nitriles is 1. The van der Waals surface area contributed by atoms with E-state index in [1.165, 1.54) is 11.1 Å². The number of carboxylic acid groups (broad SMARTS) is 1. The van der Waals surface area contributed by atoms with E-state index in [4.69, 9.17) is 0 Å². The van der Waals surface area contributed by atoms with Crippen LogP contribution in [0.2, 0.25) is 0 Å². The molecule has 0 saturated heterocycles. The van der Waals surface area contributed by atoms with Crippen LogP contribution in [0.15, 0.2) is 23.3 Å². The van der Waals surface area contributed by atoms with E-state index in [0.717, 1.165) is 51.4 Å². The number of carbonyl (C=O) groups excluding carboxylic acids is 1. The van der Waals surface area contributed by atoms with Crippen molar-refractivity contribution in [3.8, 4) is 6.07 Å². The zero-order valence-corrected chi connectivity index (χ0v) is 25.0. The van der Waals surface area contributed by atoms with E-state index >= 15 is 0 Å². The van der Waals surface area contributed by atoms with Crippen LogP contribution < -0.4 is 0 Å². The molecule has 0 heterocycles. The number of allylic oxidation sites excluding steroid dienone is 4.